The van der Waals surface area contributed by atoms with E-state index in [1.165, 1.54) is 0 Å². The number of para-hydroxylation sites is 1. The Kier molecular flexibility index (Phi) is 3.80. The number of rotatable bonds is 2. The van der Waals surface area contributed by atoms with Crippen LogP contribution < -0.4 is 21.5 Å². The highest BCUT2D eigenvalue weighted by molar-refractivity contribution is 5.83. The van der Waals surface area contributed by atoms with Gasteiger partial charge in [-0.1, -0.05) is 18.2 Å². The predicted octanol–water partition coefficient (Wildman–Crippen LogP) is 1.16. The van der Waals surface area contributed by atoms with Crippen LogP contribution in [0.4, 0.5) is 5.82 Å². The van der Waals surface area contributed by atoms with Crippen LogP contribution in [0.5, 0.6) is 5.88 Å². The van der Waals surface area contributed by atoms with Crippen molar-refractivity contribution in [3.63, 3.8) is 0 Å². The van der Waals surface area contributed by atoms with Crippen LogP contribution in [-0.2, 0) is 0 Å². The van der Waals surface area contributed by atoms with E-state index < -0.39 is 5.69 Å². The molecule has 3 aromatic heterocycles. The van der Waals surface area contributed by atoms with Crippen molar-refractivity contribution in [2.75, 3.05) is 18.9 Å². The first-order valence-electron chi connectivity index (χ1n) is 8.85. The molecule has 0 saturated carbocycles. The Morgan fingerprint density at radius 2 is 2.14 bits per heavy atom. The molecule has 0 amide bonds. The first kappa shape index (κ1) is 16.5. The Labute approximate surface area is 159 Å². The maximum atomic E-state index is 11.8. The Hall–Kier alpha value is -3.72. The second-order valence-corrected chi connectivity index (χ2v) is 6.44. The van der Waals surface area contributed by atoms with Crippen molar-refractivity contribution in [3.05, 3.63) is 70.7 Å². The minimum atomic E-state index is -0.536. The Morgan fingerprint density at radius 1 is 1.25 bits per heavy atom. The normalized spacial score (nSPS) is 16.4. The minimum absolute atomic E-state index is 0.227. The minimum Gasteiger partial charge on any atom is -0.476 e. The zero-order valence-corrected chi connectivity index (χ0v) is 14.8. The van der Waals surface area contributed by atoms with Crippen LogP contribution >= 0.6 is 0 Å². The third kappa shape index (κ3) is 2.60. The van der Waals surface area contributed by atoms with E-state index in [0.29, 0.717) is 24.5 Å². The summed E-state index contributed by atoms with van der Waals surface area (Å²) >= 11 is 0. The zero-order chi connectivity index (χ0) is 19.1. The molecular formula is C19H17N7O2. The van der Waals surface area contributed by atoms with Crippen LogP contribution in [0.3, 0.4) is 0 Å². The van der Waals surface area contributed by atoms with Crippen molar-refractivity contribution in [2.45, 2.75) is 6.04 Å². The number of nitrogens with two attached hydrogens (primary N) is 1. The number of nitrogens with one attached hydrogen (secondary N) is 2. The van der Waals surface area contributed by atoms with Gasteiger partial charge in [0.2, 0.25) is 5.88 Å². The zero-order valence-electron chi connectivity index (χ0n) is 14.8. The largest absolute Gasteiger partial charge is 0.476 e. The monoisotopic (exact) mass is 375 g/mol. The van der Waals surface area contributed by atoms with Crippen LogP contribution in [0.15, 0.2) is 53.7 Å². The third-order valence-corrected chi connectivity index (χ3v) is 4.76. The Balaban J connectivity index is 1.80. The summed E-state index contributed by atoms with van der Waals surface area (Å²) in [4.78, 5) is 27.0. The molecule has 5 rings (SSSR count). The van der Waals surface area contributed by atoms with Gasteiger partial charge in [-0.3, -0.25) is 14.5 Å². The van der Waals surface area contributed by atoms with Gasteiger partial charge in [-0.15, -0.1) is 0 Å². The molecule has 4 heterocycles. The molecule has 9 heteroatoms. The summed E-state index contributed by atoms with van der Waals surface area (Å²) in [5.41, 5.74) is 8.12. The number of nitrogen functional groups attached to an aromatic ring is 1. The van der Waals surface area contributed by atoms with E-state index in [1.54, 1.807) is 18.6 Å². The third-order valence-electron chi connectivity index (χ3n) is 4.76. The van der Waals surface area contributed by atoms with Gasteiger partial charge < -0.3 is 15.8 Å². The van der Waals surface area contributed by atoms with Crippen molar-refractivity contribution < 1.29 is 4.74 Å². The summed E-state index contributed by atoms with van der Waals surface area (Å²) in [7, 11) is 0. The summed E-state index contributed by atoms with van der Waals surface area (Å²) in [6.07, 6.45) is 4.99. The van der Waals surface area contributed by atoms with Crippen molar-refractivity contribution in [3.8, 4) is 11.7 Å². The van der Waals surface area contributed by atoms with Gasteiger partial charge in [0.15, 0.2) is 5.82 Å². The number of hydrogen-bond acceptors (Lipinski definition) is 7. The summed E-state index contributed by atoms with van der Waals surface area (Å²) in [6.45, 7) is 0.946. The summed E-state index contributed by atoms with van der Waals surface area (Å²) in [5, 5.41) is 4.50. The second-order valence-electron chi connectivity index (χ2n) is 6.44. The number of H-pyrrole nitrogens is 1. The lowest BCUT2D eigenvalue weighted by molar-refractivity contribution is 0.312. The number of anilines is 1. The van der Waals surface area contributed by atoms with Crippen LogP contribution in [0.2, 0.25) is 0 Å². The maximum absolute atomic E-state index is 11.8. The average molecular weight is 375 g/mol. The van der Waals surface area contributed by atoms with Gasteiger partial charge >= 0.3 is 5.69 Å². The maximum Gasteiger partial charge on any atom is 0.349 e. The standard InChI is InChI=1S/C19H17N7O2/c20-17-15-16(23-7-8-28-18(15)25-19(27)24-17)13-9-11-3-1-2-4-12(11)26(13)14-10-21-5-6-22-14/h1-6,9-10,16,23H,7-8H2,(H3,20,24,25,27). The van der Waals surface area contributed by atoms with Gasteiger partial charge in [0.1, 0.15) is 12.4 Å². The van der Waals surface area contributed by atoms with Gasteiger partial charge in [-0.25, -0.2) is 9.78 Å². The van der Waals surface area contributed by atoms with Crippen LogP contribution in [-0.4, -0.2) is 37.7 Å². The van der Waals surface area contributed by atoms with Crippen LogP contribution in [0, 0.1) is 0 Å². The molecule has 0 bridgehead atoms. The van der Waals surface area contributed by atoms with Crippen molar-refractivity contribution in [2.24, 2.45) is 0 Å². The number of ether oxygens (including phenoxy) is 1. The molecule has 4 aromatic rings. The highest BCUT2D eigenvalue weighted by Gasteiger charge is 2.29. The molecule has 0 aliphatic carbocycles. The van der Waals surface area contributed by atoms with Gasteiger partial charge in [0.05, 0.1) is 23.3 Å². The van der Waals surface area contributed by atoms with Crippen molar-refractivity contribution >= 4 is 16.7 Å². The summed E-state index contributed by atoms with van der Waals surface area (Å²) in [5.74, 6) is 1.15. The molecule has 28 heavy (non-hydrogen) atoms. The number of hydrogen-bond donors (Lipinski definition) is 3. The highest BCUT2D eigenvalue weighted by Crippen LogP contribution is 2.36. The molecule has 1 aromatic carbocycles. The number of fused-ring (bicyclic) bond motifs is 2. The predicted molar refractivity (Wildman–Crippen MR) is 103 cm³/mol. The molecule has 0 radical (unpaired) electrons. The smallest absolute Gasteiger partial charge is 0.349 e. The molecule has 140 valence electrons. The molecule has 1 unspecified atom stereocenters. The number of aromatic amines is 1. The lowest BCUT2D eigenvalue weighted by atomic mass is 10.0. The van der Waals surface area contributed by atoms with Gasteiger partial charge in [-0.2, -0.15) is 4.98 Å². The number of aromatic nitrogens is 5. The van der Waals surface area contributed by atoms with Crippen LogP contribution in [0.1, 0.15) is 17.3 Å². The highest BCUT2D eigenvalue weighted by atomic mass is 16.5. The van der Waals surface area contributed by atoms with E-state index in [-0.39, 0.29) is 17.7 Å². The van der Waals surface area contributed by atoms with E-state index in [0.717, 1.165) is 16.6 Å². The van der Waals surface area contributed by atoms with E-state index in [2.05, 4.69) is 31.3 Å². The number of benzene rings is 1. The molecule has 1 aliphatic heterocycles. The van der Waals surface area contributed by atoms with Gasteiger partial charge in [0, 0.05) is 30.0 Å². The average Bonchev–Trinajstić information content (AvgIpc) is 2.95. The lowest BCUT2D eigenvalue weighted by Crippen LogP contribution is -2.27. The fraction of sp³-hybridized carbons (Fsp3) is 0.158. The van der Waals surface area contributed by atoms with E-state index in [4.69, 9.17) is 10.5 Å². The van der Waals surface area contributed by atoms with Crippen LogP contribution in [0.25, 0.3) is 16.7 Å². The molecule has 1 atom stereocenters. The first-order chi connectivity index (χ1) is 13.7. The van der Waals surface area contributed by atoms with E-state index in [1.807, 2.05) is 28.8 Å². The Morgan fingerprint density at radius 3 is 3.00 bits per heavy atom. The molecule has 0 saturated heterocycles. The lowest BCUT2D eigenvalue weighted by Gasteiger charge is -2.20. The van der Waals surface area contributed by atoms with Gasteiger partial charge in [-0.05, 0) is 12.1 Å². The van der Waals surface area contributed by atoms with E-state index >= 15 is 0 Å². The van der Waals surface area contributed by atoms with Gasteiger partial charge in [0.25, 0.3) is 0 Å². The molecule has 0 spiro atoms. The first-order valence-corrected chi connectivity index (χ1v) is 8.85. The molecule has 4 N–H and O–H groups in total. The Bertz CT molecular complexity index is 1220. The summed E-state index contributed by atoms with van der Waals surface area (Å²) < 4.78 is 7.70. The fourth-order valence-corrected chi connectivity index (χ4v) is 3.62. The van der Waals surface area contributed by atoms with Crippen molar-refractivity contribution in [1.29, 1.82) is 0 Å². The molecule has 1 aliphatic rings. The molecule has 0 fully saturated rings. The van der Waals surface area contributed by atoms with E-state index in [9.17, 15) is 4.79 Å². The second kappa shape index (κ2) is 6.46. The quantitative estimate of drug-likeness (QED) is 0.480. The fourth-order valence-electron chi connectivity index (χ4n) is 3.62. The molecular weight excluding hydrogens is 358 g/mol. The summed E-state index contributed by atoms with van der Waals surface area (Å²) in [6, 6.07) is 9.74. The number of nitrogens with zero attached hydrogens (tertiary/aromatic N) is 4. The van der Waals surface area contributed by atoms with Crippen molar-refractivity contribution in [1.82, 2.24) is 29.8 Å². The SMILES string of the molecule is Nc1[nH]c(=O)nc2c1C(c1cc3ccccc3n1-c1cnccn1)NCCO2. The topological polar surface area (TPSA) is 124 Å². The molecule has 9 nitrogen and oxygen atoms in total.